The summed E-state index contributed by atoms with van der Waals surface area (Å²) in [6.45, 7) is 5.83. The van der Waals surface area contributed by atoms with Crippen molar-refractivity contribution < 1.29 is 22.3 Å². The number of ether oxygens (including phenoxy) is 1. The third-order valence-corrected chi connectivity index (χ3v) is 7.77. The van der Waals surface area contributed by atoms with E-state index in [2.05, 4.69) is 13.8 Å². The number of rotatable bonds is 13. The Hall–Kier alpha value is -1.88. The topological polar surface area (TPSA) is 9.23 Å². The molecule has 1 aliphatic carbocycles. The molecule has 2 aromatic rings. The van der Waals surface area contributed by atoms with Crippen LogP contribution in [0.15, 0.2) is 36.4 Å². The molecule has 1 atom stereocenters. The average molecular weight is 507 g/mol. The highest BCUT2D eigenvalue weighted by molar-refractivity contribution is 5.31. The van der Waals surface area contributed by atoms with Crippen molar-refractivity contribution in [1.82, 2.24) is 0 Å². The molecule has 2 aromatic carbocycles. The van der Waals surface area contributed by atoms with Gasteiger partial charge < -0.3 is 4.74 Å². The van der Waals surface area contributed by atoms with Gasteiger partial charge in [-0.15, -0.1) is 0 Å². The van der Waals surface area contributed by atoms with Gasteiger partial charge in [0.05, 0.1) is 11.7 Å². The van der Waals surface area contributed by atoms with Crippen LogP contribution in [0.4, 0.5) is 17.6 Å². The van der Waals surface area contributed by atoms with Crippen LogP contribution in [0.5, 0.6) is 0 Å². The Balaban J connectivity index is 1.63. The Labute approximate surface area is 214 Å². The number of alkyl halides is 2. The Morgan fingerprint density at radius 2 is 1.47 bits per heavy atom. The molecule has 200 valence electrons. The second kappa shape index (κ2) is 13.6. The fraction of sp³-hybridized carbons (Fsp3) is 0.613. The van der Waals surface area contributed by atoms with Gasteiger partial charge in [-0.3, -0.25) is 0 Å². The van der Waals surface area contributed by atoms with Crippen LogP contribution in [0.2, 0.25) is 0 Å². The van der Waals surface area contributed by atoms with E-state index in [4.69, 9.17) is 4.74 Å². The molecule has 0 amide bonds. The van der Waals surface area contributed by atoms with Crippen molar-refractivity contribution in [3.63, 3.8) is 0 Å². The monoisotopic (exact) mass is 506 g/mol. The summed E-state index contributed by atoms with van der Waals surface area (Å²) in [6, 6.07) is 9.70. The van der Waals surface area contributed by atoms with E-state index in [1.807, 2.05) is 12.1 Å². The predicted molar refractivity (Wildman–Crippen MR) is 138 cm³/mol. The quantitative estimate of drug-likeness (QED) is 0.194. The van der Waals surface area contributed by atoms with Crippen LogP contribution < -0.4 is 0 Å². The van der Waals surface area contributed by atoms with E-state index in [0.29, 0.717) is 11.5 Å². The molecule has 1 unspecified atom stereocenters. The van der Waals surface area contributed by atoms with Gasteiger partial charge in [-0.2, -0.15) is 8.78 Å². The third kappa shape index (κ3) is 7.57. The number of hydrogen-bond acceptors (Lipinski definition) is 1. The number of halogens is 4. The van der Waals surface area contributed by atoms with Gasteiger partial charge >= 0.3 is 6.11 Å². The zero-order chi connectivity index (χ0) is 26.1. The lowest BCUT2D eigenvalue weighted by Crippen LogP contribution is -2.23. The first-order chi connectivity index (χ1) is 17.3. The van der Waals surface area contributed by atoms with E-state index >= 15 is 0 Å². The number of aryl methyl sites for hydroxylation is 1. The predicted octanol–water partition coefficient (Wildman–Crippen LogP) is 10.4. The highest BCUT2D eigenvalue weighted by Crippen LogP contribution is 2.42. The van der Waals surface area contributed by atoms with Crippen LogP contribution >= 0.6 is 0 Å². The smallest absolute Gasteiger partial charge is 0.309 e. The summed E-state index contributed by atoms with van der Waals surface area (Å²) in [5, 5.41) is 0. The molecule has 5 heteroatoms. The zero-order valence-corrected chi connectivity index (χ0v) is 22.1. The van der Waals surface area contributed by atoms with Crippen LogP contribution in [0, 0.1) is 17.6 Å². The molecule has 1 saturated carbocycles. The third-order valence-electron chi connectivity index (χ3n) is 7.77. The number of unbranched alkanes of at least 4 members (excludes halogenated alkanes) is 4. The molecule has 0 aliphatic heterocycles. The van der Waals surface area contributed by atoms with Crippen molar-refractivity contribution in [1.29, 1.82) is 0 Å². The maximum absolute atomic E-state index is 15.0. The summed E-state index contributed by atoms with van der Waals surface area (Å²) < 4.78 is 64.8. The largest absolute Gasteiger partial charge is 0.386 e. The summed E-state index contributed by atoms with van der Waals surface area (Å²) in [6.07, 6.45) is 7.68. The lowest BCUT2D eigenvalue weighted by molar-refractivity contribution is -0.273. The molecule has 1 fully saturated rings. The molecule has 0 spiro atoms. The number of benzene rings is 2. The maximum Gasteiger partial charge on any atom is 0.386 e. The minimum absolute atomic E-state index is 0.125. The normalized spacial score (nSPS) is 19.4. The van der Waals surface area contributed by atoms with E-state index in [0.717, 1.165) is 63.0 Å². The van der Waals surface area contributed by atoms with Gasteiger partial charge in [0.25, 0.3) is 0 Å². The van der Waals surface area contributed by atoms with E-state index in [9.17, 15) is 17.6 Å². The Morgan fingerprint density at radius 1 is 0.833 bits per heavy atom. The van der Waals surface area contributed by atoms with Crippen LogP contribution in [-0.2, 0) is 17.3 Å². The Morgan fingerprint density at radius 3 is 2.11 bits per heavy atom. The molecule has 1 aliphatic rings. The molecule has 0 radical (unpaired) electrons. The van der Waals surface area contributed by atoms with Gasteiger partial charge in [0.15, 0.2) is 11.6 Å². The highest BCUT2D eigenvalue weighted by atomic mass is 19.3. The van der Waals surface area contributed by atoms with Crippen LogP contribution in [-0.4, -0.2) is 0 Å². The summed E-state index contributed by atoms with van der Waals surface area (Å²) in [5.41, 5.74) is 0.887. The van der Waals surface area contributed by atoms with Gasteiger partial charge in [-0.1, -0.05) is 82.7 Å². The first kappa shape index (κ1) is 28.7. The van der Waals surface area contributed by atoms with Crippen molar-refractivity contribution in [2.45, 2.75) is 116 Å². The SMILES string of the molecule is CCCCCc1ccc(C(C)OC(F)(F)c2ccc(C3CCC(CCCCC)CC3)c(F)c2F)cc1. The maximum atomic E-state index is 15.0. The van der Waals surface area contributed by atoms with Gasteiger partial charge in [-0.25, -0.2) is 8.78 Å². The Kier molecular flexibility index (Phi) is 10.8. The average Bonchev–Trinajstić information content (AvgIpc) is 2.86. The van der Waals surface area contributed by atoms with E-state index in [-0.39, 0.29) is 11.5 Å². The lowest BCUT2D eigenvalue weighted by Gasteiger charge is -2.29. The molecule has 0 bridgehead atoms. The van der Waals surface area contributed by atoms with Gasteiger partial charge in [0.2, 0.25) is 0 Å². The standard InChI is InChI=1S/C31H42F4O/c1-4-6-8-10-23-12-16-25(17-13-23)22(3)36-31(34,35)28-21-20-27(29(32)30(28)33)26-18-14-24(15-19-26)11-9-7-5-2/h12-13,16-17,20-22,24,26H,4-11,14-15,18-19H2,1-3H3. The molecule has 1 nitrogen and oxygen atoms in total. The summed E-state index contributed by atoms with van der Waals surface area (Å²) >= 11 is 0. The second-order valence-corrected chi connectivity index (χ2v) is 10.5. The molecule has 3 rings (SSSR count). The Bertz CT molecular complexity index is 932. The fourth-order valence-corrected chi connectivity index (χ4v) is 5.44. The van der Waals surface area contributed by atoms with Crippen molar-refractivity contribution in [3.8, 4) is 0 Å². The van der Waals surface area contributed by atoms with Crippen LogP contribution in [0.25, 0.3) is 0 Å². The second-order valence-electron chi connectivity index (χ2n) is 10.5. The van der Waals surface area contributed by atoms with Crippen molar-refractivity contribution in [2.24, 2.45) is 5.92 Å². The summed E-state index contributed by atoms with van der Waals surface area (Å²) in [4.78, 5) is 0. The van der Waals surface area contributed by atoms with E-state index in [1.165, 1.54) is 38.7 Å². The molecule has 0 N–H and O–H groups in total. The molecule has 0 saturated heterocycles. The van der Waals surface area contributed by atoms with Crippen molar-refractivity contribution in [3.05, 3.63) is 70.3 Å². The molecule has 36 heavy (non-hydrogen) atoms. The highest BCUT2D eigenvalue weighted by Gasteiger charge is 2.40. The molecule has 0 heterocycles. The lowest BCUT2D eigenvalue weighted by atomic mass is 9.76. The zero-order valence-electron chi connectivity index (χ0n) is 22.1. The van der Waals surface area contributed by atoms with Gasteiger partial charge in [0.1, 0.15) is 0 Å². The minimum Gasteiger partial charge on any atom is -0.309 e. The first-order valence-corrected chi connectivity index (χ1v) is 13.9. The van der Waals surface area contributed by atoms with Crippen LogP contribution in [0.1, 0.15) is 126 Å². The van der Waals surface area contributed by atoms with Crippen molar-refractivity contribution in [2.75, 3.05) is 0 Å². The molecule has 0 aromatic heterocycles. The summed E-state index contributed by atoms with van der Waals surface area (Å²) in [7, 11) is 0. The fourth-order valence-electron chi connectivity index (χ4n) is 5.44. The minimum atomic E-state index is -3.94. The van der Waals surface area contributed by atoms with Gasteiger partial charge in [-0.05, 0) is 80.0 Å². The van der Waals surface area contributed by atoms with Gasteiger partial charge in [0, 0.05) is 0 Å². The van der Waals surface area contributed by atoms with E-state index in [1.54, 1.807) is 12.1 Å². The number of hydrogen-bond donors (Lipinski definition) is 0. The first-order valence-electron chi connectivity index (χ1n) is 13.9. The molecular weight excluding hydrogens is 464 g/mol. The molecular formula is C31H42F4O. The van der Waals surface area contributed by atoms with Crippen LogP contribution in [0.3, 0.4) is 0 Å². The van der Waals surface area contributed by atoms with E-state index < -0.39 is 29.4 Å². The van der Waals surface area contributed by atoms with Crippen molar-refractivity contribution >= 4 is 0 Å². The summed E-state index contributed by atoms with van der Waals surface area (Å²) in [5.74, 6) is -2.15.